The van der Waals surface area contributed by atoms with Crippen LogP contribution in [0.5, 0.6) is 5.75 Å². The lowest BCUT2D eigenvalue weighted by atomic mass is 10.1. The molecule has 0 spiro atoms. The number of hydrogen-bond acceptors (Lipinski definition) is 8. The van der Waals surface area contributed by atoms with Crippen molar-refractivity contribution in [2.75, 3.05) is 25.9 Å². The quantitative estimate of drug-likeness (QED) is 0.724. The number of amides is 1. The molecule has 3 N–H and O–H groups in total. The number of thioether (sulfide) groups is 1. The molecule has 2 fully saturated rings. The molecule has 0 unspecified atom stereocenters. The first kappa shape index (κ1) is 19.9. The number of carbonyl (C=O) groups excluding carboxylic acids is 1. The number of rotatable bonds is 4. The lowest BCUT2D eigenvalue weighted by Gasteiger charge is -2.29. The van der Waals surface area contributed by atoms with Crippen molar-refractivity contribution in [1.82, 2.24) is 15.2 Å². The number of benzene rings is 1. The van der Waals surface area contributed by atoms with E-state index in [9.17, 15) is 4.79 Å². The number of anilines is 1. The normalized spacial score (nSPS) is 21.1. The summed E-state index contributed by atoms with van der Waals surface area (Å²) >= 11 is 2.65. The van der Waals surface area contributed by atoms with Crippen LogP contribution in [0.15, 0.2) is 34.3 Å². The first-order valence-electron chi connectivity index (χ1n) is 9.43. The van der Waals surface area contributed by atoms with E-state index in [0.717, 1.165) is 47.8 Å². The van der Waals surface area contributed by atoms with Gasteiger partial charge in [0.1, 0.15) is 11.9 Å². The Bertz CT molecular complexity index is 977. The SMILES string of the molecule is Cc1cc(OC2CCN(C)CC2)ccc1N=C1NC(=O)C(=Cc2cnc(N)s2)S1. The summed E-state index contributed by atoms with van der Waals surface area (Å²) in [6, 6.07) is 5.89. The first-order valence-corrected chi connectivity index (χ1v) is 11.1. The van der Waals surface area contributed by atoms with E-state index in [2.05, 4.69) is 27.2 Å². The molecule has 0 radical (unpaired) electrons. The summed E-state index contributed by atoms with van der Waals surface area (Å²) in [5.74, 6) is 0.702. The van der Waals surface area contributed by atoms with Gasteiger partial charge in [-0.05, 0) is 68.4 Å². The zero-order valence-corrected chi connectivity index (χ0v) is 18.0. The van der Waals surface area contributed by atoms with Crippen molar-refractivity contribution >= 4 is 51.1 Å². The van der Waals surface area contributed by atoms with Crippen molar-refractivity contribution < 1.29 is 9.53 Å². The zero-order chi connectivity index (χ0) is 20.4. The second-order valence-electron chi connectivity index (χ2n) is 7.15. The van der Waals surface area contributed by atoms with Gasteiger partial charge in [-0.3, -0.25) is 4.79 Å². The molecule has 29 heavy (non-hydrogen) atoms. The van der Waals surface area contributed by atoms with Crippen molar-refractivity contribution in [1.29, 1.82) is 0 Å². The molecule has 4 rings (SSSR count). The van der Waals surface area contributed by atoms with Gasteiger partial charge in [0.15, 0.2) is 10.3 Å². The maximum absolute atomic E-state index is 12.2. The van der Waals surface area contributed by atoms with Crippen molar-refractivity contribution in [3.05, 3.63) is 39.7 Å². The highest BCUT2D eigenvalue weighted by atomic mass is 32.2. The number of thiazole rings is 1. The van der Waals surface area contributed by atoms with Crippen LogP contribution in [0, 0.1) is 6.92 Å². The number of aliphatic imine (C=N–C) groups is 1. The van der Waals surface area contributed by atoms with Crippen LogP contribution in [0.25, 0.3) is 6.08 Å². The van der Waals surface area contributed by atoms with Crippen LogP contribution in [0.1, 0.15) is 23.3 Å². The Kier molecular flexibility index (Phi) is 5.89. The van der Waals surface area contributed by atoms with Crippen LogP contribution < -0.4 is 15.8 Å². The van der Waals surface area contributed by atoms with E-state index in [4.69, 9.17) is 10.5 Å². The van der Waals surface area contributed by atoms with Crippen LogP contribution in [0.2, 0.25) is 0 Å². The molecule has 0 saturated carbocycles. The van der Waals surface area contributed by atoms with E-state index in [1.54, 1.807) is 12.3 Å². The minimum Gasteiger partial charge on any atom is -0.490 e. The second-order valence-corrected chi connectivity index (χ2v) is 9.28. The summed E-state index contributed by atoms with van der Waals surface area (Å²) in [6.07, 6.45) is 5.79. The third-order valence-corrected chi connectivity index (χ3v) is 6.51. The van der Waals surface area contributed by atoms with Gasteiger partial charge in [-0.1, -0.05) is 11.3 Å². The number of amidine groups is 1. The molecule has 1 aromatic carbocycles. The van der Waals surface area contributed by atoms with E-state index in [-0.39, 0.29) is 12.0 Å². The van der Waals surface area contributed by atoms with Crippen LogP contribution in [0.3, 0.4) is 0 Å². The standard InChI is InChI=1S/C20H23N5O2S2/c1-12-9-14(27-13-5-7-25(2)8-6-13)3-4-16(12)23-20-24-18(26)17(29-20)10-15-11-22-19(21)28-15/h3-4,9-11,13H,5-8H2,1-2H3,(H2,21,22)(H,23,24,26). The Morgan fingerprint density at radius 3 is 2.86 bits per heavy atom. The molecule has 7 nitrogen and oxygen atoms in total. The van der Waals surface area contributed by atoms with E-state index in [0.29, 0.717) is 15.2 Å². The molecule has 152 valence electrons. The van der Waals surface area contributed by atoms with Gasteiger partial charge in [-0.25, -0.2) is 9.98 Å². The van der Waals surface area contributed by atoms with Crippen LogP contribution >= 0.6 is 23.1 Å². The number of hydrogen-bond donors (Lipinski definition) is 2. The maximum atomic E-state index is 12.2. The summed E-state index contributed by atoms with van der Waals surface area (Å²) in [5, 5.41) is 3.85. The summed E-state index contributed by atoms with van der Waals surface area (Å²) in [7, 11) is 2.14. The van der Waals surface area contributed by atoms with Gasteiger partial charge >= 0.3 is 0 Å². The lowest BCUT2D eigenvalue weighted by Crippen LogP contribution is -2.35. The van der Waals surface area contributed by atoms with Crippen molar-refractivity contribution in [3.63, 3.8) is 0 Å². The monoisotopic (exact) mass is 429 g/mol. The second kappa shape index (κ2) is 8.56. The minimum absolute atomic E-state index is 0.166. The van der Waals surface area contributed by atoms with Gasteiger partial charge in [0.05, 0.1) is 15.5 Å². The highest BCUT2D eigenvalue weighted by molar-refractivity contribution is 8.18. The number of piperidine rings is 1. The Morgan fingerprint density at radius 1 is 1.38 bits per heavy atom. The predicted molar refractivity (Wildman–Crippen MR) is 120 cm³/mol. The summed E-state index contributed by atoms with van der Waals surface area (Å²) in [5.41, 5.74) is 7.46. The Balaban J connectivity index is 1.44. The number of aromatic nitrogens is 1. The minimum atomic E-state index is -0.166. The molecule has 3 heterocycles. The molecule has 2 aliphatic heterocycles. The van der Waals surface area contributed by atoms with E-state index < -0.39 is 0 Å². The molecule has 0 atom stereocenters. The van der Waals surface area contributed by atoms with E-state index in [1.807, 2.05) is 25.1 Å². The maximum Gasteiger partial charge on any atom is 0.264 e. The molecule has 2 saturated heterocycles. The molecule has 0 aliphatic carbocycles. The number of nitrogens with one attached hydrogen (secondary N) is 1. The van der Waals surface area contributed by atoms with Gasteiger partial charge in [0, 0.05) is 19.3 Å². The van der Waals surface area contributed by atoms with Gasteiger partial charge in [0.2, 0.25) is 0 Å². The van der Waals surface area contributed by atoms with Crippen molar-refractivity contribution in [3.8, 4) is 5.75 Å². The van der Waals surface area contributed by atoms with Gasteiger partial charge in [0.25, 0.3) is 5.91 Å². The summed E-state index contributed by atoms with van der Waals surface area (Å²) < 4.78 is 6.14. The molecular weight excluding hydrogens is 406 g/mol. The number of carbonyl (C=O) groups is 1. The molecule has 2 aromatic rings. The van der Waals surface area contributed by atoms with E-state index in [1.165, 1.54) is 23.1 Å². The molecular formula is C20H23N5O2S2. The highest BCUT2D eigenvalue weighted by Gasteiger charge is 2.24. The first-order chi connectivity index (χ1) is 14.0. The predicted octanol–water partition coefficient (Wildman–Crippen LogP) is 3.40. The molecule has 2 aliphatic rings. The molecule has 1 aromatic heterocycles. The fraction of sp³-hybridized carbons (Fsp3) is 0.350. The average molecular weight is 430 g/mol. The smallest absolute Gasteiger partial charge is 0.264 e. The van der Waals surface area contributed by atoms with Gasteiger partial charge in [-0.2, -0.15) is 0 Å². The molecule has 1 amide bonds. The Labute approximate surface area is 178 Å². The third kappa shape index (κ3) is 4.98. The van der Waals surface area contributed by atoms with Crippen LogP contribution in [0.4, 0.5) is 10.8 Å². The van der Waals surface area contributed by atoms with Gasteiger partial charge in [-0.15, -0.1) is 0 Å². The fourth-order valence-corrected chi connectivity index (χ4v) is 4.74. The topological polar surface area (TPSA) is 92.8 Å². The van der Waals surface area contributed by atoms with Crippen molar-refractivity contribution in [2.24, 2.45) is 4.99 Å². The highest BCUT2D eigenvalue weighted by Crippen LogP contribution is 2.32. The average Bonchev–Trinajstić information content (AvgIpc) is 3.25. The number of nitrogens with zero attached hydrogens (tertiary/aromatic N) is 3. The number of likely N-dealkylation sites (tertiary alicyclic amines) is 1. The number of nitrogens with two attached hydrogens (primary N) is 1. The number of nitrogen functional groups attached to an aromatic ring is 1. The van der Waals surface area contributed by atoms with Crippen LogP contribution in [-0.2, 0) is 4.79 Å². The zero-order valence-electron chi connectivity index (χ0n) is 16.3. The van der Waals surface area contributed by atoms with Crippen LogP contribution in [-0.4, -0.2) is 47.2 Å². The third-order valence-electron chi connectivity index (χ3n) is 4.82. The fourth-order valence-electron chi connectivity index (χ4n) is 3.21. The largest absolute Gasteiger partial charge is 0.490 e. The summed E-state index contributed by atoms with van der Waals surface area (Å²) in [4.78, 5) is 24.6. The molecule has 9 heteroatoms. The summed E-state index contributed by atoms with van der Waals surface area (Å²) in [6.45, 7) is 4.13. The Morgan fingerprint density at radius 2 is 2.17 bits per heavy atom. The number of ether oxygens (including phenoxy) is 1. The van der Waals surface area contributed by atoms with E-state index >= 15 is 0 Å². The van der Waals surface area contributed by atoms with Gasteiger partial charge < -0.3 is 20.7 Å². The lowest BCUT2D eigenvalue weighted by molar-refractivity contribution is -0.115. The van der Waals surface area contributed by atoms with Crippen molar-refractivity contribution in [2.45, 2.75) is 25.9 Å². The number of aryl methyl sites for hydroxylation is 1. The Hall–Kier alpha value is -2.36. The molecule has 0 bridgehead atoms.